The lowest BCUT2D eigenvalue weighted by Crippen LogP contribution is -2.57. The summed E-state index contributed by atoms with van der Waals surface area (Å²) in [6, 6.07) is -1.02. The van der Waals surface area contributed by atoms with E-state index in [0.29, 0.717) is 12.1 Å². The Bertz CT molecular complexity index is 630. The predicted molar refractivity (Wildman–Crippen MR) is 121 cm³/mol. The SMILES string of the molecule is CCNC(=O)/C(C)=C/[C@H](C(C)C)N(C)C(=O)[C@@H](NC(=O)[C@H]1CCCCN1C)C(C)C. The van der Waals surface area contributed by atoms with Gasteiger partial charge in [-0.25, -0.2) is 0 Å². The van der Waals surface area contributed by atoms with Gasteiger partial charge in [0.05, 0.1) is 12.1 Å². The van der Waals surface area contributed by atoms with Crippen molar-refractivity contribution in [2.24, 2.45) is 11.8 Å². The summed E-state index contributed by atoms with van der Waals surface area (Å²) in [6.45, 7) is 13.0. The van der Waals surface area contributed by atoms with Crippen molar-refractivity contribution in [2.45, 2.75) is 78.9 Å². The van der Waals surface area contributed by atoms with Crippen LogP contribution in [0.2, 0.25) is 0 Å². The molecule has 3 atom stereocenters. The van der Waals surface area contributed by atoms with Gasteiger partial charge in [-0.05, 0) is 52.1 Å². The Morgan fingerprint density at radius 2 is 1.77 bits per heavy atom. The maximum absolute atomic E-state index is 13.4. The van der Waals surface area contributed by atoms with E-state index in [-0.39, 0.29) is 41.6 Å². The van der Waals surface area contributed by atoms with E-state index in [4.69, 9.17) is 0 Å². The van der Waals surface area contributed by atoms with Gasteiger partial charge >= 0.3 is 0 Å². The van der Waals surface area contributed by atoms with E-state index in [9.17, 15) is 14.4 Å². The molecular formula is C23H42N4O3. The molecule has 1 saturated heterocycles. The maximum atomic E-state index is 13.4. The first-order chi connectivity index (χ1) is 14.0. The third-order valence-corrected chi connectivity index (χ3v) is 5.90. The summed E-state index contributed by atoms with van der Waals surface area (Å²) in [5.74, 6) is -0.253. The number of amides is 3. The minimum absolute atomic E-state index is 0.0425. The van der Waals surface area contributed by atoms with E-state index >= 15 is 0 Å². The Morgan fingerprint density at radius 3 is 2.27 bits per heavy atom. The second-order valence-corrected chi connectivity index (χ2v) is 9.12. The zero-order valence-corrected chi connectivity index (χ0v) is 20.1. The molecule has 1 aliphatic heterocycles. The van der Waals surface area contributed by atoms with Crippen molar-refractivity contribution in [3.05, 3.63) is 11.6 Å². The Morgan fingerprint density at radius 1 is 1.13 bits per heavy atom. The third-order valence-electron chi connectivity index (χ3n) is 5.90. The van der Waals surface area contributed by atoms with Crippen molar-refractivity contribution in [1.82, 2.24) is 20.4 Å². The molecule has 7 heteroatoms. The summed E-state index contributed by atoms with van der Waals surface area (Å²) in [7, 11) is 3.72. The molecule has 1 heterocycles. The van der Waals surface area contributed by atoms with Crippen LogP contribution in [-0.4, -0.2) is 72.8 Å². The molecule has 3 amide bonds. The monoisotopic (exact) mass is 422 g/mol. The standard InChI is InChI=1S/C23H42N4O3/c1-9-24-21(28)17(6)14-19(15(2)3)27(8)23(30)20(16(4)5)25-22(29)18-12-10-11-13-26(18)7/h14-16,18-20H,9-13H2,1-8H3,(H,24,28)(H,25,29)/b17-14+/t18-,19-,20+/m1/s1. The number of hydrogen-bond acceptors (Lipinski definition) is 4. The summed E-state index contributed by atoms with van der Waals surface area (Å²) in [5.41, 5.74) is 0.587. The molecule has 0 saturated carbocycles. The fourth-order valence-corrected chi connectivity index (χ4v) is 3.92. The maximum Gasteiger partial charge on any atom is 0.246 e. The average molecular weight is 423 g/mol. The van der Waals surface area contributed by atoms with Crippen molar-refractivity contribution in [2.75, 3.05) is 27.2 Å². The Balaban J connectivity index is 3.00. The summed E-state index contributed by atoms with van der Waals surface area (Å²) in [4.78, 5) is 42.2. The van der Waals surface area contributed by atoms with Gasteiger partial charge in [0.2, 0.25) is 17.7 Å². The molecule has 1 rings (SSSR count). The second-order valence-electron chi connectivity index (χ2n) is 9.12. The van der Waals surface area contributed by atoms with Gasteiger partial charge < -0.3 is 15.5 Å². The van der Waals surface area contributed by atoms with Crippen LogP contribution in [0.15, 0.2) is 11.6 Å². The van der Waals surface area contributed by atoms with Gasteiger partial charge in [-0.2, -0.15) is 0 Å². The summed E-state index contributed by atoms with van der Waals surface area (Å²) >= 11 is 0. The van der Waals surface area contributed by atoms with E-state index in [0.717, 1.165) is 25.8 Å². The lowest BCUT2D eigenvalue weighted by atomic mass is 9.96. The molecule has 30 heavy (non-hydrogen) atoms. The number of carbonyl (C=O) groups excluding carboxylic acids is 3. The molecule has 0 aromatic rings. The lowest BCUT2D eigenvalue weighted by Gasteiger charge is -2.36. The van der Waals surface area contributed by atoms with Crippen LogP contribution in [0.25, 0.3) is 0 Å². The highest BCUT2D eigenvalue weighted by atomic mass is 16.2. The minimum atomic E-state index is -0.600. The Labute approximate surface area is 182 Å². The van der Waals surface area contributed by atoms with Gasteiger partial charge in [-0.3, -0.25) is 19.3 Å². The van der Waals surface area contributed by atoms with Gasteiger partial charge in [0, 0.05) is 19.2 Å². The molecular weight excluding hydrogens is 380 g/mol. The van der Waals surface area contributed by atoms with Crippen LogP contribution in [0, 0.1) is 11.8 Å². The second kappa shape index (κ2) is 12.1. The van der Waals surface area contributed by atoms with Crippen LogP contribution in [0.4, 0.5) is 0 Å². The highest BCUT2D eigenvalue weighted by Crippen LogP contribution is 2.19. The van der Waals surface area contributed by atoms with Crippen molar-refractivity contribution < 1.29 is 14.4 Å². The fraction of sp³-hybridized carbons (Fsp3) is 0.783. The van der Waals surface area contributed by atoms with Crippen LogP contribution in [-0.2, 0) is 14.4 Å². The Hall–Kier alpha value is -1.89. The van der Waals surface area contributed by atoms with E-state index in [1.807, 2.05) is 47.7 Å². The van der Waals surface area contributed by atoms with Crippen LogP contribution >= 0.6 is 0 Å². The molecule has 7 nitrogen and oxygen atoms in total. The number of likely N-dealkylation sites (tertiary alicyclic amines) is 1. The average Bonchev–Trinajstić information content (AvgIpc) is 2.68. The molecule has 172 valence electrons. The molecule has 0 aliphatic carbocycles. The van der Waals surface area contributed by atoms with E-state index in [1.54, 1.807) is 18.9 Å². The van der Waals surface area contributed by atoms with Gasteiger partial charge in [0.15, 0.2) is 0 Å². The molecule has 1 fully saturated rings. The van der Waals surface area contributed by atoms with Gasteiger partial charge in [0.1, 0.15) is 6.04 Å². The number of nitrogens with zero attached hydrogens (tertiary/aromatic N) is 2. The van der Waals surface area contributed by atoms with Crippen molar-refractivity contribution in [3.63, 3.8) is 0 Å². The van der Waals surface area contributed by atoms with Crippen molar-refractivity contribution in [1.29, 1.82) is 0 Å². The van der Waals surface area contributed by atoms with Gasteiger partial charge in [0.25, 0.3) is 0 Å². The number of likely N-dealkylation sites (N-methyl/N-ethyl adjacent to an activating group) is 3. The minimum Gasteiger partial charge on any atom is -0.353 e. The van der Waals surface area contributed by atoms with Crippen LogP contribution < -0.4 is 10.6 Å². The van der Waals surface area contributed by atoms with Crippen LogP contribution in [0.1, 0.15) is 60.8 Å². The molecule has 0 radical (unpaired) electrons. The molecule has 0 aromatic carbocycles. The molecule has 1 aliphatic rings. The molecule has 0 spiro atoms. The summed E-state index contributed by atoms with van der Waals surface area (Å²) in [6.07, 6.45) is 4.80. The largest absolute Gasteiger partial charge is 0.353 e. The number of hydrogen-bond donors (Lipinski definition) is 2. The highest BCUT2D eigenvalue weighted by Gasteiger charge is 2.34. The first-order valence-electron chi connectivity index (χ1n) is 11.2. The summed E-state index contributed by atoms with van der Waals surface area (Å²) < 4.78 is 0. The topological polar surface area (TPSA) is 81.8 Å². The van der Waals surface area contributed by atoms with E-state index in [1.165, 1.54) is 0 Å². The lowest BCUT2D eigenvalue weighted by molar-refractivity contribution is -0.139. The van der Waals surface area contributed by atoms with Crippen molar-refractivity contribution >= 4 is 17.7 Å². The molecule has 0 bridgehead atoms. The van der Waals surface area contributed by atoms with Crippen LogP contribution in [0.5, 0.6) is 0 Å². The van der Waals surface area contributed by atoms with Crippen molar-refractivity contribution in [3.8, 4) is 0 Å². The first kappa shape index (κ1) is 26.1. The highest BCUT2D eigenvalue weighted by molar-refractivity contribution is 5.93. The predicted octanol–water partition coefficient (Wildman–Crippen LogP) is 2.18. The van der Waals surface area contributed by atoms with E-state index in [2.05, 4.69) is 15.5 Å². The molecule has 0 unspecified atom stereocenters. The molecule has 0 aromatic heterocycles. The third kappa shape index (κ3) is 7.11. The fourth-order valence-electron chi connectivity index (χ4n) is 3.92. The summed E-state index contributed by atoms with van der Waals surface area (Å²) in [5, 5.41) is 5.81. The number of rotatable bonds is 9. The van der Waals surface area contributed by atoms with Gasteiger partial charge in [-0.15, -0.1) is 0 Å². The normalized spacial score (nSPS) is 20.1. The number of piperidine rings is 1. The smallest absolute Gasteiger partial charge is 0.246 e. The number of carbonyl (C=O) groups is 3. The zero-order valence-electron chi connectivity index (χ0n) is 20.1. The Kier molecular flexibility index (Phi) is 10.5. The first-order valence-corrected chi connectivity index (χ1v) is 11.2. The van der Waals surface area contributed by atoms with Crippen LogP contribution in [0.3, 0.4) is 0 Å². The molecule has 2 N–H and O–H groups in total. The number of nitrogens with one attached hydrogen (secondary N) is 2. The van der Waals surface area contributed by atoms with Gasteiger partial charge in [-0.1, -0.05) is 40.2 Å². The quantitative estimate of drug-likeness (QED) is 0.558. The zero-order chi connectivity index (χ0) is 23.0. The van der Waals surface area contributed by atoms with E-state index < -0.39 is 6.04 Å².